The van der Waals surface area contributed by atoms with Gasteiger partial charge in [0.2, 0.25) is 0 Å². The highest BCUT2D eigenvalue weighted by Crippen LogP contribution is 2.29. The maximum atomic E-state index is 11.0. The molecule has 0 saturated heterocycles. The van der Waals surface area contributed by atoms with Crippen LogP contribution in [0.15, 0.2) is 42.5 Å². The number of aryl methyl sites for hydroxylation is 1. The highest BCUT2D eigenvalue weighted by atomic mass is 16.6. The summed E-state index contributed by atoms with van der Waals surface area (Å²) in [4.78, 5) is 20.6. The van der Waals surface area contributed by atoms with Crippen molar-refractivity contribution in [1.82, 2.24) is 0 Å². The van der Waals surface area contributed by atoms with E-state index in [1.807, 2.05) is 0 Å². The first-order chi connectivity index (χ1) is 9.47. The van der Waals surface area contributed by atoms with E-state index in [1.54, 1.807) is 19.1 Å². The van der Waals surface area contributed by atoms with E-state index in [4.69, 9.17) is 0 Å². The third kappa shape index (κ3) is 2.89. The predicted molar refractivity (Wildman–Crippen MR) is 74.2 cm³/mol. The van der Waals surface area contributed by atoms with Crippen LogP contribution in [0.1, 0.15) is 5.56 Å². The fourth-order valence-corrected chi connectivity index (χ4v) is 1.72. The molecule has 0 fully saturated rings. The largest absolute Gasteiger partial charge is 0.350 e. The number of benzene rings is 2. The molecule has 2 aromatic rings. The molecule has 0 bridgehead atoms. The van der Waals surface area contributed by atoms with Crippen LogP contribution in [-0.4, -0.2) is 9.85 Å². The van der Waals surface area contributed by atoms with Crippen LogP contribution in [0.2, 0.25) is 0 Å². The summed E-state index contributed by atoms with van der Waals surface area (Å²) in [6.45, 7) is 1.77. The molecule has 1 N–H and O–H groups in total. The SMILES string of the molecule is Cc1ccc(Nc2ccc([N+](=O)[O-])cc2)c([N+](=O)[O-])c1. The first kappa shape index (κ1) is 13.5. The minimum atomic E-state index is -0.502. The summed E-state index contributed by atoms with van der Waals surface area (Å²) in [6.07, 6.45) is 0. The number of nitro benzene ring substituents is 2. The van der Waals surface area contributed by atoms with E-state index in [9.17, 15) is 20.2 Å². The lowest BCUT2D eigenvalue weighted by Gasteiger charge is -2.07. The zero-order valence-electron chi connectivity index (χ0n) is 10.6. The lowest BCUT2D eigenvalue weighted by molar-refractivity contribution is -0.384. The molecule has 2 rings (SSSR count). The monoisotopic (exact) mass is 273 g/mol. The van der Waals surface area contributed by atoms with E-state index in [-0.39, 0.29) is 11.4 Å². The standard InChI is InChI=1S/C13H11N3O4/c1-9-2-7-12(13(8-9)16(19)20)14-10-3-5-11(6-4-10)15(17)18/h2-8,14H,1H3. The van der Waals surface area contributed by atoms with Crippen molar-refractivity contribution in [1.29, 1.82) is 0 Å². The number of rotatable bonds is 4. The fourth-order valence-electron chi connectivity index (χ4n) is 1.72. The molecule has 0 saturated carbocycles. The Hall–Kier alpha value is -2.96. The maximum Gasteiger partial charge on any atom is 0.292 e. The molecular weight excluding hydrogens is 262 g/mol. The molecule has 20 heavy (non-hydrogen) atoms. The Morgan fingerprint density at radius 3 is 2.15 bits per heavy atom. The summed E-state index contributed by atoms with van der Waals surface area (Å²) in [5.41, 5.74) is 1.60. The number of anilines is 2. The smallest absolute Gasteiger partial charge is 0.292 e. The number of hydrogen-bond acceptors (Lipinski definition) is 5. The van der Waals surface area contributed by atoms with Gasteiger partial charge in [-0.2, -0.15) is 0 Å². The second kappa shape index (κ2) is 5.35. The van der Waals surface area contributed by atoms with Gasteiger partial charge >= 0.3 is 0 Å². The highest BCUT2D eigenvalue weighted by molar-refractivity contribution is 5.70. The van der Waals surface area contributed by atoms with E-state index in [1.165, 1.54) is 30.3 Å². The van der Waals surface area contributed by atoms with Gasteiger partial charge in [0.15, 0.2) is 0 Å². The van der Waals surface area contributed by atoms with E-state index < -0.39 is 9.85 Å². The molecule has 0 radical (unpaired) electrons. The second-order valence-electron chi connectivity index (χ2n) is 4.21. The second-order valence-corrected chi connectivity index (χ2v) is 4.21. The van der Waals surface area contributed by atoms with E-state index in [0.29, 0.717) is 11.4 Å². The zero-order valence-corrected chi connectivity index (χ0v) is 10.6. The van der Waals surface area contributed by atoms with Crippen molar-refractivity contribution in [3.8, 4) is 0 Å². The molecular formula is C13H11N3O4. The lowest BCUT2D eigenvalue weighted by atomic mass is 10.2. The summed E-state index contributed by atoms with van der Waals surface area (Å²) in [5.74, 6) is 0. The molecule has 7 nitrogen and oxygen atoms in total. The van der Waals surface area contributed by atoms with E-state index in [2.05, 4.69) is 5.32 Å². The minimum absolute atomic E-state index is 0.0334. The molecule has 0 unspecified atom stereocenters. The Labute approximate surface area is 114 Å². The average Bonchev–Trinajstić information content (AvgIpc) is 2.41. The van der Waals surface area contributed by atoms with Crippen molar-refractivity contribution in [2.45, 2.75) is 6.92 Å². The third-order valence-electron chi connectivity index (χ3n) is 2.71. The molecule has 0 aliphatic heterocycles. The van der Waals surface area contributed by atoms with Gasteiger partial charge in [-0.05, 0) is 30.7 Å². The summed E-state index contributed by atoms with van der Waals surface area (Å²) in [5, 5.41) is 24.4. The van der Waals surface area contributed by atoms with Crippen LogP contribution in [0.5, 0.6) is 0 Å². The fraction of sp³-hybridized carbons (Fsp3) is 0.0769. The third-order valence-corrected chi connectivity index (χ3v) is 2.71. The highest BCUT2D eigenvalue weighted by Gasteiger charge is 2.14. The summed E-state index contributed by atoms with van der Waals surface area (Å²) >= 11 is 0. The predicted octanol–water partition coefficient (Wildman–Crippen LogP) is 3.56. The summed E-state index contributed by atoms with van der Waals surface area (Å²) < 4.78 is 0. The molecule has 0 spiro atoms. The molecule has 102 valence electrons. The first-order valence-electron chi connectivity index (χ1n) is 5.74. The van der Waals surface area contributed by atoms with Crippen molar-refractivity contribution in [2.24, 2.45) is 0 Å². The van der Waals surface area contributed by atoms with E-state index >= 15 is 0 Å². The van der Waals surface area contributed by atoms with Crippen molar-refractivity contribution in [3.05, 3.63) is 68.3 Å². The first-order valence-corrected chi connectivity index (χ1v) is 5.74. The average molecular weight is 273 g/mol. The molecule has 0 heterocycles. The number of nitrogens with zero attached hydrogens (tertiary/aromatic N) is 2. The quantitative estimate of drug-likeness (QED) is 0.678. The number of non-ortho nitro benzene ring substituents is 1. The molecule has 0 atom stereocenters. The van der Waals surface area contributed by atoms with Crippen LogP contribution in [0, 0.1) is 27.2 Å². The van der Waals surface area contributed by atoms with Gasteiger partial charge in [0, 0.05) is 23.9 Å². The Morgan fingerprint density at radius 2 is 1.60 bits per heavy atom. The van der Waals surface area contributed by atoms with Gasteiger partial charge in [-0.25, -0.2) is 0 Å². The Kier molecular flexibility index (Phi) is 3.60. The van der Waals surface area contributed by atoms with Crippen molar-refractivity contribution < 1.29 is 9.85 Å². The van der Waals surface area contributed by atoms with Gasteiger partial charge < -0.3 is 5.32 Å². The van der Waals surface area contributed by atoms with Crippen LogP contribution in [-0.2, 0) is 0 Å². The Balaban J connectivity index is 2.30. The molecule has 0 aliphatic rings. The lowest BCUT2D eigenvalue weighted by Crippen LogP contribution is -1.97. The zero-order chi connectivity index (χ0) is 14.7. The van der Waals surface area contributed by atoms with Crippen molar-refractivity contribution in [2.75, 3.05) is 5.32 Å². The van der Waals surface area contributed by atoms with Crippen LogP contribution in [0.3, 0.4) is 0 Å². The molecule has 0 aromatic heterocycles. The van der Waals surface area contributed by atoms with Crippen LogP contribution >= 0.6 is 0 Å². The van der Waals surface area contributed by atoms with Gasteiger partial charge in [-0.3, -0.25) is 20.2 Å². The molecule has 0 amide bonds. The summed E-state index contributed by atoms with van der Waals surface area (Å²) in [7, 11) is 0. The van der Waals surface area contributed by atoms with Crippen LogP contribution in [0.4, 0.5) is 22.7 Å². The van der Waals surface area contributed by atoms with Crippen LogP contribution in [0.25, 0.3) is 0 Å². The van der Waals surface area contributed by atoms with Crippen molar-refractivity contribution >= 4 is 22.7 Å². The Bertz CT molecular complexity index is 668. The topological polar surface area (TPSA) is 98.3 Å². The van der Waals surface area contributed by atoms with Crippen molar-refractivity contribution in [3.63, 3.8) is 0 Å². The molecule has 2 aromatic carbocycles. The Morgan fingerprint density at radius 1 is 0.950 bits per heavy atom. The minimum Gasteiger partial charge on any atom is -0.350 e. The van der Waals surface area contributed by atoms with Crippen LogP contribution < -0.4 is 5.32 Å². The number of nitrogens with one attached hydrogen (secondary N) is 1. The van der Waals surface area contributed by atoms with Gasteiger partial charge in [0.05, 0.1) is 9.85 Å². The van der Waals surface area contributed by atoms with E-state index in [0.717, 1.165) is 5.56 Å². The van der Waals surface area contributed by atoms with Gasteiger partial charge in [0.25, 0.3) is 11.4 Å². The van der Waals surface area contributed by atoms with Gasteiger partial charge in [-0.1, -0.05) is 6.07 Å². The van der Waals surface area contributed by atoms with Gasteiger partial charge in [-0.15, -0.1) is 0 Å². The molecule has 7 heteroatoms. The maximum absolute atomic E-state index is 11.0. The number of nitro groups is 2. The normalized spacial score (nSPS) is 10.1. The number of hydrogen-bond donors (Lipinski definition) is 1. The summed E-state index contributed by atoms with van der Waals surface area (Å²) in [6, 6.07) is 10.5. The molecule has 0 aliphatic carbocycles. The van der Waals surface area contributed by atoms with Gasteiger partial charge in [0.1, 0.15) is 5.69 Å².